The quantitative estimate of drug-likeness (QED) is 0.444. The molecule has 0 atom stereocenters. The van der Waals surface area contributed by atoms with E-state index in [9.17, 15) is 10.1 Å². The number of hydrogen-bond donors (Lipinski definition) is 1. The highest BCUT2D eigenvalue weighted by molar-refractivity contribution is 5.73. The molecule has 0 aliphatic carbocycles. The molecule has 0 unspecified atom stereocenters. The van der Waals surface area contributed by atoms with Gasteiger partial charge in [-0.2, -0.15) is 4.98 Å². The number of hydrogen-bond acceptors (Lipinski definition) is 7. The maximum atomic E-state index is 10.7. The second kappa shape index (κ2) is 5.00. The van der Waals surface area contributed by atoms with E-state index < -0.39 is 4.92 Å². The third-order valence-electron chi connectivity index (χ3n) is 2.84. The van der Waals surface area contributed by atoms with Crippen molar-refractivity contribution in [2.45, 2.75) is 0 Å². The van der Waals surface area contributed by atoms with Gasteiger partial charge in [0.25, 0.3) is 11.6 Å². The molecule has 0 aliphatic heterocycles. The van der Waals surface area contributed by atoms with E-state index in [4.69, 9.17) is 10.3 Å². The number of nitro groups is 1. The van der Waals surface area contributed by atoms with E-state index in [-0.39, 0.29) is 17.3 Å². The van der Waals surface area contributed by atoms with Crippen LogP contribution >= 0.6 is 0 Å². The van der Waals surface area contributed by atoms with E-state index >= 15 is 0 Å². The van der Waals surface area contributed by atoms with E-state index in [1.165, 1.54) is 18.2 Å². The maximum absolute atomic E-state index is 10.7. The summed E-state index contributed by atoms with van der Waals surface area (Å²) in [6.07, 6.45) is 3.23. The minimum atomic E-state index is -0.518. The lowest BCUT2D eigenvalue weighted by molar-refractivity contribution is -0.384. The van der Waals surface area contributed by atoms with Crippen LogP contribution in [0.5, 0.6) is 0 Å². The second-order valence-corrected chi connectivity index (χ2v) is 4.19. The SMILES string of the molecule is Nc1cc([N+](=O)[O-])ccc1-c1nc(-c2ccncc2)no1. The highest BCUT2D eigenvalue weighted by atomic mass is 16.6. The fourth-order valence-electron chi connectivity index (χ4n) is 1.81. The third-order valence-corrected chi connectivity index (χ3v) is 2.84. The topological polar surface area (TPSA) is 121 Å². The summed E-state index contributed by atoms with van der Waals surface area (Å²) in [5.74, 6) is 0.597. The van der Waals surface area contributed by atoms with Crippen molar-refractivity contribution in [3.8, 4) is 22.8 Å². The van der Waals surface area contributed by atoms with Crippen LogP contribution < -0.4 is 5.73 Å². The van der Waals surface area contributed by atoms with Crippen molar-refractivity contribution < 1.29 is 9.45 Å². The molecule has 0 saturated heterocycles. The van der Waals surface area contributed by atoms with Crippen LogP contribution in [-0.2, 0) is 0 Å². The van der Waals surface area contributed by atoms with Crippen LogP contribution in [0.15, 0.2) is 47.2 Å². The molecule has 2 aromatic heterocycles. The van der Waals surface area contributed by atoms with E-state index in [1.54, 1.807) is 24.5 Å². The molecule has 0 saturated carbocycles. The van der Waals surface area contributed by atoms with Crippen molar-refractivity contribution in [3.05, 3.63) is 52.8 Å². The molecule has 8 heteroatoms. The number of non-ortho nitro benzene ring substituents is 1. The average molecular weight is 283 g/mol. The summed E-state index contributed by atoms with van der Waals surface area (Å²) in [5.41, 5.74) is 7.11. The number of benzene rings is 1. The predicted molar refractivity (Wildman–Crippen MR) is 74.0 cm³/mol. The van der Waals surface area contributed by atoms with Crippen molar-refractivity contribution in [1.82, 2.24) is 15.1 Å². The zero-order valence-electron chi connectivity index (χ0n) is 10.6. The molecule has 0 spiro atoms. The number of aromatic nitrogens is 3. The zero-order valence-corrected chi connectivity index (χ0v) is 10.6. The lowest BCUT2D eigenvalue weighted by atomic mass is 10.1. The molecule has 0 radical (unpaired) electrons. The molecular formula is C13H9N5O3. The normalized spacial score (nSPS) is 10.5. The lowest BCUT2D eigenvalue weighted by Crippen LogP contribution is -1.94. The number of nitrogen functional groups attached to an aromatic ring is 1. The first-order valence-corrected chi connectivity index (χ1v) is 5.93. The molecule has 2 N–H and O–H groups in total. The molecule has 2 heterocycles. The molecule has 104 valence electrons. The van der Waals surface area contributed by atoms with Crippen LogP contribution in [-0.4, -0.2) is 20.0 Å². The number of nitro benzene ring substituents is 1. The Morgan fingerprint density at radius 1 is 1.19 bits per heavy atom. The van der Waals surface area contributed by atoms with E-state index in [1.807, 2.05) is 0 Å². The molecule has 21 heavy (non-hydrogen) atoms. The van der Waals surface area contributed by atoms with Crippen molar-refractivity contribution in [1.29, 1.82) is 0 Å². The van der Waals surface area contributed by atoms with E-state index in [0.717, 1.165) is 5.56 Å². The standard InChI is InChI=1S/C13H9N5O3/c14-11-7-9(18(19)20)1-2-10(11)13-16-12(17-21-13)8-3-5-15-6-4-8/h1-7H,14H2. The van der Waals surface area contributed by atoms with Gasteiger partial charge in [-0.05, 0) is 18.2 Å². The summed E-state index contributed by atoms with van der Waals surface area (Å²) in [4.78, 5) is 18.3. The van der Waals surface area contributed by atoms with Crippen LogP contribution in [0.2, 0.25) is 0 Å². The largest absolute Gasteiger partial charge is 0.398 e. The molecule has 3 aromatic rings. The summed E-state index contributed by atoms with van der Waals surface area (Å²) in [6, 6.07) is 7.56. The van der Waals surface area contributed by atoms with Crippen LogP contribution in [0.25, 0.3) is 22.8 Å². The number of rotatable bonds is 3. The molecule has 0 amide bonds. The Kier molecular flexibility index (Phi) is 3.03. The monoisotopic (exact) mass is 283 g/mol. The highest BCUT2D eigenvalue weighted by Crippen LogP contribution is 2.29. The van der Waals surface area contributed by atoms with Crippen LogP contribution in [0, 0.1) is 10.1 Å². The number of nitrogens with two attached hydrogens (primary N) is 1. The minimum absolute atomic E-state index is 0.0925. The van der Waals surface area contributed by atoms with Crippen LogP contribution in [0.3, 0.4) is 0 Å². The average Bonchev–Trinajstić information content (AvgIpc) is 2.97. The summed E-state index contributed by atoms with van der Waals surface area (Å²) in [7, 11) is 0. The number of anilines is 1. The molecule has 0 fully saturated rings. The number of pyridine rings is 1. The van der Waals surface area contributed by atoms with Crippen molar-refractivity contribution in [3.63, 3.8) is 0 Å². The molecular weight excluding hydrogens is 274 g/mol. The summed E-state index contributed by atoms with van der Waals surface area (Å²) < 4.78 is 5.15. The van der Waals surface area contributed by atoms with Gasteiger partial charge in [-0.25, -0.2) is 0 Å². The Morgan fingerprint density at radius 2 is 1.95 bits per heavy atom. The first-order valence-electron chi connectivity index (χ1n) is 5.93. The second-order valence-electron chi connectivity index (χ2n) is 4.19. The number of nitrogens with zero attached hydrogens (tertiary/aromatic N) is 4. The molecule has 0 aliphatic rings. The van der Waals surface area contributed by atoms with Gasteiger partial charge in [-0.1, -0.05) is 5.16 Å². The Bertz CT molecular complexity index is 801. The van der Waals surface area contributed by atoms with Gasteiger partial charge in [0.1, 0.15) is 0 Å². The van der Waals surface area contributed by atoms with Crippen molar-refractivity contribution >= 4 is 11.4 Å². The third kappa shape index (κ3) is 2.41. The first kappa shape index (κ1) is 12.7. The molecule has 3 rings (SSSR count). The van der Waals surface area contributed by atoms with Gasteiger partial charge in [0.05, 0.1) is 16.2 Å². The van der Waals surface area contributed by atoms with Gasteiger partial charge in [-0.15, -0.1) is 0 Å². The highest BCUT2D eigenvalue weighted by Gasteiger charge is 2.15. The fourth-order valence-corrected chi connectivity index (χ4v) is 1.81. The van der Waals surface area contributed by atoms with Gasteiger partial charge < -0.3 is 10.3 Å². The fraction of sp³-hybridized carbons (Fsp3) is 0. The lowest BCUT2D eigenvalue weighted by Gasteiger charge is -1.99. The van der Waals surface area contributed by atoms with Gasteiger partial charge in [0, 0.05) is 30.1 Å². The zero-order chi connectivity index (χ0) is 14.8. The van der Waals surface area contributed by atoms with Gasteiger partial charge in [-0.3, -0.25) is 15.1 Å². The summed E-state index contributed by atoms with van der Waals surface area (Å²) >= 11 is 0. The Labute approximate surface area is 118 Å². The van der Waals surface area contributed by atoms with Crippen LogP contribution in [0.1, 0.15) is 0 Å². The maximum Gasteiger partial charge on any atom is 0.271 e. The Morgan fingerprint density at radius 3 is 2.62 bits per heavy atom. The molecule has 8 nitrogen and oxygen atoms in total. The Balaban J connectivity index is 1.99. The summed E-state index contributed by atoms with van der Waals surface area (Å²) in [6.45, 7) is 0. The van der Waals surface area contributed by atoms with Crippen molar-refractivity contribution in [2.24, 2.45) is 0 Å². The van der Waals surface area contributed by atoms with E-state index in [2.05, 4.69) is 15.1 Å². The molecule has 0 bridgehead atoms. The Hall–Kier alpha value is -3.29. The summed E-state index contributed by atoms with van der Waals surface area (Å²) in [5, 5.41) is 14.5. The van der Waals surface area contributed by atoms with Gasteiger partial charge in [0.2, 0.25) is 5.82 Å². The minimum Gasteiger partial charge on any atom is -0.398 e. The van der Waals surface area contributed by atoms with Crippen LogP contribution in [0.4, 0.5) is 11.4 Å². The van der Waals surface area contributed by atoms with Gasteiger partial charge >= 0.3 is 0 Å². The smallest absolute Gasteiger partial charge is 0.271 e. The van der Waals surface area contributed by atoms with E-state index in [0.29, 0.717) is 11.4 Å². The molecule has 1 aromatic carbocycles. The van der Waals surface area contributed by atoms with Gasteiger partial charge in [0.15, 0.2) is 0 Å². The van der Waals surface area contributed by atoms with Crippen molar-refractivity contribution in [2.75, 3.05) is 5.73 Å². The predicted octanol–water partition coefficient (Wildman–Crippen LogP) is 2.29. The first-order chi connectivity index (χ1) is 10.1.